The highest BCUT2D eigenvalue weighted by molar-refractivity contribution is 5.44. The van der Waals surface area contributed by atoms with Crippen LogP contribution in [0.2, 0.25) is 0 Å². The first-order valence-corrected chi connectivity index (χ1v) is 7.52. The minimum absolute atomic E-state index is 0.0510. The molecule has 21 heavy (non-hydrogen) atoms. The summed E-state index contributed by atoms with van der Waals surface area (Å²) in [6.07, 6.45) is 0.933. The second-order valence-corrected chi connectivity index (χ2v) is 4.98. The summed E-state index contributed by atoms with van der Waals surface area (Å²) in [4.78, 5) is 0. The van der Waals surface area contributed by atoms with E-state index in [0.29, 0.717) is 25.7 Å². The Morgan fingerprint density at radius 1 is 1.14 bits per heavy atom. The lowest BCUT2D eigenvalue weighted by Gasteiger charge is -2.24. The van der Waals surface area contributed by atoms with Gasteiger partial charge in [-0.05, 0) is 43.9 Å². The van der Waals surface area contributed by atoms with Crippen molar-refractivity contribution in [1.29, 1.82) is 0 Å². The van der Waals surface area contributed by atoms with Crippen LogP contribution in [0.3, 0.4) is 0 Å². The number of nitrogens with two attached hydrogens (primary N) is 1. The van der Waals surface area contributed by atoms with Gasteiger partial charge in [0.1, 0.15) is 0 Å². The van der Waals surface area contributed by atoms with Crippen molar-refractivity contribution >= 4 is 0 Å². The fourth-order valence-corrected chi connectivity index (χ4v) is 2.32. The van der Waals surface area contributed by atoms with Gasteiger partial charge in [0.15, 0.2) is 11.5 Å². The van der Waals surface area contributed by atoms with Crippen LogP contribution in [0.5, 0.6) is 11.5 Å². The molecule has 0 aliphatic rings. The summed E-state index contributed by atoms with van der Waals surface area (Å²) < 4.78 is 16.4. The quantitative estimate of drug-likeness (QED) is 0.513. The van der Waals surface area contributed by atoms with Gasteiger partial charge >= 0.3 is 0 Å². The molecule has 0 amide bonds. The van der Waals surface area contributed by atoms with Crippen molar-refractivity contribution in [3.8, 4) is 11.5 Å². The Morgan fingerprint density at radius 2 is 1.81 bits per heavy atom. The maximum Gasteiger partial charge on any atom is 0.161 e. The van der Waals surface area contributed by atoms with Crippen molar-refractivity contribution in [2.24, 2.45) is 11.8 Å². The number of methoxy groups -OCH3 is 1. The van der Waals surface area contributed by atoms with Crippen LogP contribution >= 0.6 is 0 Å². The first-order chi connectivity index (χ1) is 10.2. The third kappa shape index (κ3) is 5.19. The van der Waals surface area contributed by atoms with Gasteiger partial charge in [-0.1, -0.05) is 13.0 Å². The number of hydrazine groups is 1. The van der Waals surface area contributed by atoms with Gasteiger partial charge in [-0.25, -0.2) is 0 Å². The predicted molar refractivity (Wildman–Crippen MR) is 84.5 cm³/mol. The second kappa shape index (κ2) is 9.60. The Morgan fingerprint density at radius 3 is 2.38 bits per heavy atom. The van der Waals surface area contributed by atoms with Crippen molar-refractivity contribution in [3.05, 3.63) is 23.8 Å². The van der Waals surface area contributed by atoms with Crippen molar-refractivity contribution < 1.29 is 14.2 Å². The summed E-state index contributed by atoms with van der Waals surface area (Å²) in [7, 11) is 1.71. The lowest BCUT2D eigenvalue weighted by molar-refractivity contribution is 0.170. The molecule has 1 aromatic carbocycles. The number of hydrogen-bond donors (Lipinski definition) is 2. The molecule has 2 atom stereocenters. The van der Waals surface area contributed by atoms with Crippen molar-refractivity contribution in [2.75, 3.05) is 26.9 Å². The van der Waals surface area contributed by atoms with Crippen LogP contribution in [0.25, 0.3) is 0 Å². The average Bonchev–Trinajstić information content (AvgIpc) is 2.49. The lowest BCUT2D eigenvalue weighted by Crippen LogP contribution is -2.33. The summed E-state index contributed by atoms with van der Waals surface area (Å²) in [6.45, 7) is 8.00. The van der Waals surface area contributed by atoms with Crippen LogP contribution in [0.4, 0.5) is 0 Å². The van der Waals surface area contributed by atoms with Crippen LogP contribution in [-0.2, 0) is 4.74 Å². The largest absolute Gasteiger partial charge is 0.490 e. The molecule has 0 heterocycles. The van der Waals surface area contributed by atoms with E-state index < -0.39 is 0 Å². The molecule has 0 spiro atoms. The number of benzene rings is 1. The topological polar surface area (TPSA) is 65.7 Å². The van der Waals surface area contributed by atoms with E-state index in [0.717, 1.165) is 23.5 Å². The molecule has 5 nitrogen and oxygen atoms in total. The molecule has 0 aromatic heterocycles. The van der Waals surface area contributed by atoms with E-state index in [2.05, 4.69) is 12.3 Å². The maximum atomic E-state index is 5.74. The molecule has 1 rings (SSSR count). The Balaban J connectivity index is 2.95. The zero-order valence-corrected chi connectivity index (χ0v) is 13.5. The molecule has 0 saturated carbocycles. The zero-order valence-electron chi connectivity index (χ0n) is 13.5. The monoisotopic (exact) mass is 296 g/mol. The van der Waals surface area contributed by atoms with E-state index >= 15 is 0 Å². The Kier molecular flexibility index (Phi) is 8.12. The van der Waals surface area contributed by atoms with E-state index in [1.807, 2.05) is 32.0 Å². The highest BCUT2D eigenvalue weighted by Crippen LogP contribution is 2.33. The fraction of sp³-hybridized carbons (Fsp3) is 0.625. The van der Waals surface area contributed by atoms with Crippen LogP contribution < -0.4 is 20.7 Å². The molecule has 2 unspecified atom stereocenters. The fourth-order valence-electron chi connectivity index (χ4n) is 2.32. The summed E-state index contributed by atoms with van der Waals surface area (Å²) in [6, 6.07) is 6.02. The molecular weight excluding hydrogens is 268 g/mol. The van der Waals surface area contributed by atoms with Gasteiger partial charge in [-0.15, -0.1) is 0 Å². The minimum atomic E-state index is 0.0510. The number of nitrogens with one attached hydrogen (secondary N) is 1. The van der Waals surface area contributed by atoms with Gasteiger partial charge in [-0.3, -0.25) is 11.3 Å². The third-order valence-electron chi connectivity index (χ3n) is 3.45. The molecule has 0 bridgehead atoms. The van der Waals surface area contributed by atoms with Crippen LogP contribution in [0.1, 0.15) is 38.8 Å². The molecule has 3 N–H and O–H groups in total. The molecule has 0 aliphatic heterocycles. The highest BCUT2D eigenvalue weighted by Gasteiger charge is 2.19. The number of hydrogen-bond acceptors (Lipinski definition) is 5. The molecule has 0 aliphatic carbocycles. The first-order valence-electron chi connectivity index (χ1n) is 7.52. The van der Waals surface area contributed by atoms with E-state index in [-0.39, 0.29) is 6.04 Å². The summed E-state index contributed by atoms with van der Waals surface area (Å²) in [5, 5.41) is 0. The van der Waals surface area contributed by atoms with E-state index in [4.69, 9.17) is 20.1 Å². The first kappa shape index (κ1) is 17.8. The predicted octanol–water partition coefficient (Wildman–Crippen LogP) is 2.66. The summed E-state index contributed by atoms with van der Waals surface area (Å²) in [5.41, 5.74) is 3.99. The number of ether oxygens (including phenoxy) is 3. The van der Waals surface area contributed by atoms with Gasteiger partial charge in [-0.2, -0.15) is 0 Å². The van der Waals surface area contributed by atoms with Crippen molar-refractivity contribution in [1.82, 2.24) is 5.43 Å². The van der Waals surface area contributed by atoms with Gasteiger partial charge in [0, 0.05) is 19.8 Å². The standard InChI is InChI=1S/C16H28N2O3/c1-5-20-14-8-7-13(11-15(14)21-6-2)16(18-17)12(3)9-10-19-4/h7-8,11-12,16,18H,5-6,9-10,17H2,1-4H3. The van der Waals surface area contributed by atoms with Crippen LogP contribution in [-0.4, -0.2) is 26.9 Å². The second-order valence-electron chi connectivity index (χ2n) is 4.98. The summed E-state index contributed by atoms with van der Waals surface area (Å²) in [5.74, 6) is 7.61. The van der Waals surface area contributed by atoms with Crippen molar-refractivity contribution in [3.63, 3.8) is 0 Å². The van der Waals surface area contributed by atoms with E-state index in [9.17, 15) is 0 Å². The molecule has 0 radical (unpaired) electrons. The van der Waals surface area contributed by atoms with Gasteiger partial charge in [0.05, 0.1) is 13.2 Å². The van der Waals surface area contributed by atoms with Gasteiger partial charge in [0.2, 0.25) is 0 Å². The smallest absolute Gasteiger partial charge is 0.161 e. The molecule has 120 valence electrons. The Labute approximate surface area is 127 Å². The lowest BCUT2D eigenvalue weighted by atomic mass is 9.92. The van der Waals surface area contributed by atoms with E-state index in [1.54, 1.807) is 7.11 Å². The SMILES string of the molecule is CCOc1ccc(C(NN)C(C)CCOC)cc1OCC. The van der Waals surface area contributed by atoms with Gasteiger partial charge < -0.3 is 14.2 Å². The highest BCUT2D eigenvalue weighted by atomic mass is 16.5. The molecule has 1 aromatic rings. The minimum Gasteiger partial charge on any atom is -0.490 e. The zero-order chi connectivity index (χ0) is 15.7. The molecular formula is C16H28N2O3. The van der Waals surface area contributed by atoms with E-state index in [1.165, 1.54) is 0 Å². The molecule has 0 saturated heterocycles. The normalized spacial score (nSPS) is 13.8. The van der Waals surface area contributed by atoms with Crippen molar-refractivity contribution in [2.45, 2.75) is 33.2 Å². The maximum absolute atomic E-state index is 5.74. The van der Waals surface area contributed by atoms with Gasteiger partial charge in [0.25, 0.3) is 0 Å². The Bertz CT molecular complexity index is 413. The molecule has 0 fully saturated rings. The molecule has 5 heteroatoms. The van der Waals surface area contributed by atoms with Crippen LogP contribution in [0, 0.1) is 5.92 Å². The Hall–Kier alpha value is -1.30. The summed E-state index contributed by atoms with van der Waals surface area (Å²) >= 11 is 0. The number of rotatable bonds is 10. The average molecular weight is 296 g/mol. The van der Waals surface area contributed by atoms with Crippen LogP contribution in [0.15, 0.2) is 18.2 Å². The third-order valence-corrected chi connectivity index (χ3v) is 3.45.